The predicted molar refractivity (Wildman–Crippen MR) is 80.3 cm³/mol. The van der Waals surface area contributed by atoms with Crippen molar-refractivity contribution in [2.75, 3.05) is 26.7 Å². The second-order valence-electron chi connectivity index (χ2n) is 6.21. The SMILES string of the molecule is CN1CCCCC1CNC(=O)N1CCCCCC1C(=O)O. The highest BCUT2D eigenvalue weighted by Gasteiger charge is 2.31. The Bertz CT molecular complexity index is 375. The highest BCUT2D eigenvalue weighted by atomic mass is 16.4. The Morgan fingerprint density at radius 3 is 2.52 bits per heavy atom. The van der Waals surface area contributed by atoms with E-state index in [2.05, 4.69) is 17.3 Å². The number of hydrogen-bond donors (Lipinski definition) is 2. The minimum Gasteiger partial charge on any atom is -0.480 e. The number of rotatable bonds is 3. The van der Waals surface area contributed by atoms with Gasteiger partial charge in [0.2, 0.25) is 0 Å². The summed E-state index contributed by atoms with van der Waals surface area (Å²) < 4.78 is 0. The van der Waals surface area contributed by atoms with E-state index in [0.29, 0.717) is 25.6 Å². The number of hydrogen-bond acceptors (Lipinski definition) is 3. The fourth-order valence-corrected chi connectivity index (χ4v) is 3.32. The number of amides is 2. The van der Waals surface area contributed by atoms with Gasteiger partial charge in [-0.3, -0.25) is 0 Å². The third kappa shape index (κ3) is 4.33. The molecule has 0 aliphatic carbocycles. The molecule has 2 atom stereocenters. The summed E-state index contributed by atoms with van der Waals surface area (Å²) in [5, 5.41) is 12.3. The Balaban J connectivity index is 1.89. The van der Waals surface area contributed by atoms with Crippen LogP contribution in [0.25, 0.3) is 0 Å². The summed E-state index contributed by atoms with van der Waals surface area (Å²) >= 11 is 0. The van der Waals surface area contributed by atoms with Crippen molar-refractivity contribution in [1.29, 1.82) is 0 Å². The summed E-state index contributed by atoms with van der Waals surface area (Å²) in [5.74, 6) is -0.887. The third-order valence-electron chi connectivity index (χ3n) is 4.71. The topological polar surface area (TPSA) is 72.9 Å². The molecule has 2 heterocycles. The van der Waals surface area contributed by atoms with E-state index in [1.54, 1.807) is 0 Å². The van der Waals surface area contributed by atoms with Gasteiger partial charge >= 0.3 is 12.0 Å². The fourth-order valence-electron chi connectivity index (χ4n) is 3.32. The molecule has 2 unspecified atom stereocenters. The van der Waals surface area contributed by atoms with Gasteiger partial charge in [-0.05, 0) is 39.3 Å². The minimum atomic E-state index is -0.887. The number of likely N-dealkylation sites (tertiary alicyclic amines) is 2. The maximum absolute atomic E-state index is 12.3. The van der Waals surface area contributed by atoms with Crippen molar-refractivity contribution in [2.45, 2.75) is 57.0 Å². The molecule has 2 amide bonds. The van der Waals surface area contributed by atoms with Crippen LogP contribution in [-0.2, 0) is 4.79 Å². The molecule has 21 heavy (non-hydrogen) atoms. The van der Waals surface area contributed by atoms with Gasteiger partial charge in [0.1, 0.15) is 6.04 Å². The summed E-state index contributed by atoms with van der Waals surface area (Å²) in [4.78, 5) is 27.5. The second kappa shape index (κ2) is 7.64. The number of likely N-dealkylation sites (N-methyl/N-ethyl adjacent to an activating group) is 1. The number of urea groups is 1. The van der Waals surface area contributed by atoms with Crippen molar-refractivity contribution in [2.24, 2.45) is 0 Å². The van der Waals surface area contributed by atoms with E-state index in [9.17, 15) is 14.7 Å². The fraction of sp³-hybridized carbons (Fsp3) is 0.867. The zero-order valence-corrected chi connectivity index (χ0v) is 12.9. The average Bonchev–Trinajstić information content (AvgIpc) is 2.72. The quantitative estimate of drug-likeness (QED) is 0.828. The Labute approximate surface area is 126 Å². The van der Waals surface area contributed by atoms with E-state index in [1.165, 1.54) is 17.7 Å². The summed E-state index contributed by atoms with van der Waals surface area (Å²) in [7, 11) is 2.09. The predicted octanol–water partition coefficient (Wildman–Crippen LogP) is 1.51. The van der Waals surface area contributed by atoms with E-state index in [1.807, 2.05) is 0 Å². The van der Waals surface area contributed by atoms with Crippen LogP contribution >= 0.6 is 0 Å². The Morgan fingerprint density at radius 2 is 1.81 bits per heavy atom. The molecule has 2 fully saturated rings. The second-order valence-corrected chi connectivity index (χ2v) is 6.21. The largest absolute Gasteiger partial charge is 0.480 e. The van der Waals surface area contributed by atoms with Crippen LogP contribution < -0.4 is 5.32 Å². The molecule has 2 aliphatic heterocycles. The molecule has 2 N–H and O–H groups in total. The van der Waals surface area contributed by atoms with E-state index in [4.69, 9.17) is 0 Å². The zero-order chi connectivity index (χ0) is 15.2. The molecule has 0 radical (unpaired) electrons. The summed E-state index contributed by atoms with van der Waals surface area (Å²) in [6.07, 6.45) is 6.84. The van der Waals surface area contributed by atoms with Gasteiger partial charge in [-0.25, -0.2) is 9.59 Å². The van der Waals surface area contributed by atoms with Crippen LogP contribution in [0.3, 0.4) is 0 Å². The molecule has 0 aromatic rings. The molecule has 2 aliphatic rings. The van der Waals surface area contributed by atoms with Gasteiger partial charge in [0.15, 0.2) is 0 Å². The molecule has 0 aromatic carbocycles. The third-order valence-corrected chi connectivity index (χ3v) is 4.71. The molecule has 0 spiro atoms. The standard InChI is InChI=1S/C15H27N3O3/c1-17-9-6-4-7-12(17)11-16-15(21)18-10-5-2-3-8-13(18)14(19)20/h12-13H,2-11H2,1H3,(H,16,21)(H,19,20). The summed E-state index contributed by atoms with van der Waals surface area (Å²) in [6.45, 7) is 2.23. The smallest absolute Gasteiger partial charge is 0.326 e. The van der Waals surface area contributed by atoms with Gasteiger partial charge in [-0.1, -0.05) is 19.3 Å². The highest BCUT2D eigenvalue weighted by molar-refractivity contribution is 5.82. The first-order valence-electron chi connectivity index (χ1n) is 8.07. The van der Waals surface area contributed by atoms with Crippen LogP contribution in [0.1, 0.15) is 44.9 Å². The number of carboxylic acids is 1. The summed E-state index contributed by atoms with van der Waals surface area (Å²) in [5.41, 5.74) is 0. The molecule has 0 saturated carbocycles. The molecule has 2 rings (SSSR count). The van der Waals surface area contributed by atoms with Gasteiger partial charge in [-0.15, -0.1) is 0 Å². The highest BCUT2D eigenvalue weighted by Crippen LogP contribution is 2.18. The Kier molecular flexibility index (Phi) is 5.85. The minimum absolute atomic E-state index is 0.219. The molecule has 6 nitrogen and oxygen atoms in total. The van der Waals surface area contributed by atoms with Crippen LogP contribution in [0.5, 0.6) is 0 Å². The first kappa shape index (κ1) is 16.1. The van der Waals surface area contributed by atoms with Crippen molar-refractivity contribution in [3.63, 3.8) is 0 Å². The maximum Gasteiger partial charge on any atom is 0.326 e. The lowest BCUT2D eigenvalue weighted by atomic mass is 10.0. The maximum atomic E-state index is 12.3. The van der Waals surface area contributed by atoms with E-state index >= 15 is 0 Å². The lowest BCUT2D eigenvalue weighted by molar-refractivity contribution is -0.142. The van der Waals surface area contributed by atoms with Gasteiger partial charge in [0.25, 0.3) is 0 Å². The van der Waals surface area contributed by atoms with Gasteiger partial charge in [0.05, 0.1) is 0 Å². The molecule has 2 saturated heterocycles. The van der Waals surface area contributed by atoms with Crippen molar-refractivity contribution in [1.82, 2.24) is 15.1 Å². The number of carbonyl (C=O) groups is 2. The van der Waals surface area contributed by atoms with Gasteiger partial charge < -0.3 is 20.2 Å². The summed E-state index contributed by atoms with van der Waals surface area (Å²) in [6, 6.07) is -0.516. The lowest BCUT2D eigenvalue weighted by Crippen LogP contribution is -2.52. The van der Waals surface area contributed by atoms with E-state index in [-0.39, 0.29) is 6.03 Å². The van der Waals surface area contributed by atoms with Crippen molar-refractivity contribution in [3.8, 4) is 0 Å². The van der Waals surface area contributed by atoms with Crippen LogP contribution in [0.15, 0.2) is 0 Å². The number of piperidine rings is 1. The molecule has 0 bridgehead atoms. The number of carboxylic acid groups (broad SMARTS) is 1. The van der Waals surface area contributed by atoms with Gasteiger partial charge in [0, 0.05) is 19.1 Å². The molecular weight excluding hydrogens is 270 g/mol. The number of aliphatic carboxylic acids is 1. The number of carbonyl (C=O) groups excluding carboxylic acids is 1. The van der Waals surface area contributed by atoms with Crippen LogP contribution in [0.4, 0.5) is 4.79 Å². The van der Waals surface area contributed by atoms with E-state index in [0.717, 1.165) is 32.2 Å². The van der Waals surface area contributed by atoms with E-state index < -0.39 is 12.0 Å². The first-order chi connectivity index (χ1) is 10.1. The lowest BCUT2D eigenvalue weighted by Gasteiger charge is -2.34. The van der Waals surface area contributed by atoms with Crippen LogP contribution in [0.2, 0.25) is 0 Å². The molecule has 6 heteroatoms. The zero-order valence-electron chi connectivity index (χ0n) is 12.9. The van der Waals surface area contributed by atoms with Crippen LogP contribution in [0, 0.1) is 0 Å². The Morgan fingerprint density at radius 1 is 1.10 bits per heavy atom. The van der Waals surface area contributed by atoms with Crippen molar-refractivity contribution < 1.29 is 14.7 Å². The van der Waals surface area contributed by atoms with Gasteiger partial charge in [-0.2, -0.15) is 0 Å². The van der Waals surface area contributed by atoms with Crippen LogP contribution in [-0.4, -0.2) is 65.7 Å². The van der Waals surface area contributed by atoms with Crippen molar-refractivity contribution in [3.05, 3.63) is 0 Å². The number of nitrogens with one attached hydrogen (secondary N) is 1. The molecule has 120 valence electrons. The number of nitrogens with zero attached hydrogens (tertiary/aromatic N) is 2. The Hall–Kier alpha value is -1.30. The molecule has 0 aromatic heterocycles. The monoisotopic (exact) mass is 297 g/mol. The first-order valence-corrected chi connectivity index (χ1v) is 8.07. The normalized spacial score (nSPS) is 28.0. The molecular formula is C15H27N3O3. The van der Waals surface area contributed by atoms with Crippen molar-refractivity contribution >= 4 is 12.0 Å². The average molecular weight is 297 g/mol.